The van der Waals surface area contributed by atoms with Gasteiger partial charge in [0.25, 0.3) is 0 Å². The zero-order valence-corrected chi connectivity index (χ0v) is 11.2. The first-order chi connectivity index (χ1) is 9.24. The van der Waals surface area contributed by atoms with E-state index in [0.717, 1.165) is 28.3 Å². The smallest absolute Gasteiger partial charge is 0.224 e. The van der Waals surface area contributed by atoms with Crippen molar-refractivity contribution in [3.8, 4) is 0 Å². The Kier molecular flexibility index (Phi) is 3.26. The molecule has 0 radical (unpaired) electrons. The van der Waals surface area contributed by atoms with E-state index in [1.165, 1.54) is 0 Å². The second kappa shape index (κ2) is 5.06. The molecule has 3 heteroatoms. The van der Waals surface area contributed by atoms with Crippen LogP contribution in [-0.4, -0.2) is 5.91 Å². The molecule has 0 fully saturated rings. The van der Waals surface area contributed by atoms with Crippen LogP contribution in [0.3, 0.4) is 0 Å². The largest absolute Gasteiger partial charge is 0.326 e. The predicted molar refractivity (Wildman–Crippen MR) is 77.6 cm³/mol. The average Bonchev–Trinajstić information content (AvgIpc) is 2.57. The van der Waals surface area contributed by atoms with Crippen molar-refractivity contribution in [3.63, 3.8) is 0 Å². The Hall–Kier alpha value is -1.80. The van der Waals surface area contributed by atoms with E-state index in [0.29, 0.717) is 6.42 Å². The van der Waals surface area contributed by atoms with Gasteiger partial charge in [0, 0.05) is 23.0 Å². The van der Waals surface area contributed by atoms with Gasteiger partial charge in [0.2, 0.25) is 5.91 Å². The van der Waals surface area contributed by atoms with Crippen molar-refractivity contribution >= 4 is 23.2 Å². The fourth-order valence-corrected chi connectivity index (χ4v) is 2.83. The highest BCUT2D eigenvalue weighted by molar-refractivity contribution is 6.30. The van der Waals surface area contributed by atoms with Crippen molar-refractivity contribution in [1.29, 1.82) is 0 Å². The van der Waals surface area contributed by atoms with E-state index < -0.39 is 0 Å². The Bertz CT molecular complexity index is 624. The Morgan fingerprint density at radius 3 is 2.79 bits per heavy atom. The minimum Gasteiger partial charge on any atom is -0.326 e. The van der Waals surface area contributed by atoms with E-state index in [1.54, 1.807) is 0 Å². The average molecular weight is 272 g/mol. The third kappa shape index (κ3) is 2.49. The molecule has 1 heterocycles. The minimum absolute atomic E-state index is 0.0805. The lowest BCUT2D eigenvalue weighted by atomic mass is 9.87. The molecule has 96 valence electrons. The molecule has 1 aliphatic heterocycles. The molecule has 19 heavy (non-hydrogen) atoms. The number of halogens is 1. The number of anilines is 1. The van der Waals surface area contributed by atoms with E-state index >= 15 is 0 Å². The first-order valence-corrected chi connectivity index (χ1v) is 6.76. The molecule has 3 rings (SSSR count). The Morgan fingerprint density at radius 1 is 1.11 bits per heavy atom. The lowest BCUT2D eigenvalue weighted by molar-refractivity contribution is -0.116. The summed E-state index contributed by atoms with van der Waals surface area (Å²) in [5.74, 6) is 0.297. The molecule has 2 aromatic carbocycles. The van der Waals surface area contributed by atoms with Crippen LogP contribution in [0.5, 0.6) is 0 Å². The van der Waals surface area contributed by atoms with Gasteiger partial charge in [-0.3, -0.25) is 4.79 Å². The molecule has 1 atom stereocenters. The number of rotatable bonds is 1. The first-order valence-electron chi connectivity index (χ1n) is 6.38. The molecule has 1 aliphatic rings. The van der Waals surface area contributed by atoms with Crippen LogP contribution in [0.1, 0.15) is 29.9 Å². The third-order valence-corrected chi connectivity index (χ3v) is 3.76. The highest BCUT2D eigenvalue weighted by Crippen LogP contribution is 2.36. The number of amides is 1. The molecule has 2 nitrogen and oxygen atoms in total. The summed E-state index contributed by atoms with van der Waals surface area (Å²) in [4.78, 5) is 11.8. The number of hydrogen-bond donors (Lipinski definition) is 1. The Balaban J connectivity index is 2.09. The van der Waals surface area contributed by atoms with Gasteiger partial charge in [0.05, 0.1) is 0 Å². The number of para-hydroxylation sites is 1. The Labute approximate surface area is 117 Å². The van der Waals surface area contributed by atoms with Crippen LogP contribution in [0.4, 0.5) is 5.69 Å². The van der Waals surface area contributed by atoms with Crippen molar-refractivity contribution in [2.45, 2.75) is 18.8 Å². The van der Waals surface area contributed by atoms with Gasteiger partial charge in [-0.05, 0) is 35.7 Å². The lowest BCUT2D eigenvalue weighted by Crippen LogP contribution is -2.08. The molecule has 1 amide bonds. The molecule has 1 unspecified atom stereocenters. The molecule has 1 N–H and O–H groups in total. The summed E-state index contributed by atoms with van der Waals surface area (Å²) < 4.78 is 0. The zero-order valence-electron chi connectivity index (χ0n) is 10.4. The topological polar surface area (TPSA) is 29.1 Å². The number of carbonyl (C=O) groups excluding carboxylic acids is 1. The second-order valence-corrected chi connectivity index (χ2v) is 5.22. The summed E-state index contributed by atoms with van der Waals surface area (Å²) in [5, 5.41) is 3.70. The van der Waals surface area contributed by atoms with Gasteiger partial charge in [-0.2, -0.15) is 0 Å². The van der Waals surface area contributed by atoms with Crippen LogP contribution in [-0.2, 0) is 4.79 Å². The summed E-state index contributed by atoms with van der Waals surface area (Å²) in [6.07, 6.45) is 1.34. The lowest BCUT2D eigenvalue weighted by Gasteiger charge is -2.17. The van der Waals surface area contributed by atoms with Crippen molar-refractivity contribution in [3.05, 3.63) is 64.7 Å². The number of fused-ring (bicyclic) bond motifs is 1. The van der Waals surface area contributed by atoms with Gasteiger partial charge >= 0.3 is 0 Å². The second-order valence-electron chi connectivity index (χ2n) is 4.78. The normalized spacial score (nSPS) is 18.4. The molecule has 0 aromatic heterocycles. The molecule has 0 saturated heterocycles. The predicted octanol–water partition coefficient (Wildman–Crippen LogP) is 4.20. The van der Waals surface area contributed by atoms with Gasteiger partial charge in [-0.1, -0.05) is 41.9 Å². The van der Waals surface area contributed by atoms with Gasteiger partial charge < -0.3 is 5.32 Å². The summed E-state index contributed by atoms with van der Waals surface area (Å²) in [6.45, 7) is 0. The molecule has 2 aromatic rings. The molecule has 0 aliphatic carbocycles. The Morgan fingerprint density at radius 2 is 1.95 bits per heavy atom. The maximum Gasteiger partial charge on any atom is 0.224 e. The van der Waals surface area contributed by atoms with Crippen LogP contribution >= 0.6 is 11.6 Å². The van der Waals surface area contributed by atoms with Crippen LogP contribution in [0, 0.1) is 0 Å². The van der Waals surface area contributed by atoms with Gasteiger partial charge in [-0.15, -0.1) is 0 Å². The van der Waals surface area contributed by atoms with E-state index in [-0.39, 0.29) is 11.8 Å². The van der Waals surface area contributed by atoms with Crippen molar-refractivity contribution in [2.24, 2.45) is 0 Å². The fourth-order valence-electron chi connectivity index (χ4n) is 2.63. The van der Waals surface area contributed by atoms with Crippen LogP contribution < -0.4 is 5.32 Å². The molecule has 0 bridgehead atoms. The maximum atomic E-state index is 11.8. The fraction of sp³-hybridized carbons (Fsp3) is 0.188. The van der Waals surface area contributed by atoms with Crippen LogP contribution in [0.2, 0.25) is 5.02 Å². The van der Waals surface area contributed by atoms with Crippen molar-refractivity contribution in [1.82, 2.24) is 0 Å². The highest BCUT2D eigenvalue weighted by Gasteiger charge is 2.23. The number of nitrogens with one attached hydrogen (secondary N) is 1. The number of benzene rings is 2. The maximum absolute atomic E-state index is 11.8. The summed E-state index contributed by atoms with van der Waals surface area (Å²) in [7, 11) is 0. The van der Waals surface area contributed by atoms with Crippen LogP contribution in [0.15, 0.2) is 48.5 Å². The van der Waals surface area contributed by atoms with E-state index in [4.69, 9.17) is 11.6 Å². The highest BCUT2D eigenvalue weighted by atomic mass is 35.5. The molecule has 0 saturated carbocycles. The molecule has 0 spiro atoms. The standard InChI is InChI=1S/C16H14ClNO/c17-12-5-3-4-11(10-12)13-8-9-16(19)18-15-7-2-1-6-14(13)15/h1-7,10,13H,8-9H2,(H,18,19). The first kappa shape index (κ1) is 12.2. The number of carbonyl (C=O) groups is 1. The molecular weight excluding hydrogens is 258 g/mol. The minimum atomic E-state index is 0.0805. The van der Waals surface area contributed by atoms with Gasteiger partial charge in [0.1, 0.15) is 0 Å². The summed E-state index contributed by atoms with van der Waals surface area (Å²) in [5.41, 5.74) is 3.24. The van der Waals surface area contributed by atoms with Crippen molar-refractivity contribution < 1.29 is 4.79 Å². The van der Waals surface area contributed by atoms with E-state index in [1.807, 2.05) is 36.4 Å². The number of hydrogen-bond acceptors (Lipinski definition) is 1. The third-order valence-electron chi connectivity index (χ3n) is 3.52. The SMILES string of the molecule is O=C1CCC(c2cccc(Cl)c2)c2ccccc2N1. The zero-order chi connectivity index (χ0) is 13.2. The summed E-state index contributed by atoms with van der Waals surface area (Å²) >= 11 is 6.08. The van der Waals surface area contributed by atoms with Gasteiger partial charge in [0.15, 0.2) is 0 Å². The van der Waals surface area contributed by atoms with E-state index in [9.17, 15) is 4.79 Å². The summed E-state index contributed by atoms with van der Waals surface area (Å²) in [6, 6.07) is 15.9. The van der Waals surface area contributed by atoms with E-state index in [2.05, 4.69) is 17.4 Å². The molecular formula is C16H14ClNO. The quantitative estimate of drug-likeness (QED) is 0.827. The van der Waals surface area contributed by atoms with Gasteiger partial charge in [-0.25, -0.2) is 0 Å². The van der Waals surface area contributed by atoms with Crippen LogP contribution in [0.25, 0.3) is 0 Å². The monoisotopic (exact) mass is 271 g/mol. The van der Waals surface area contributed by atoms with Crippen molar-refractivity contribution in [2.75, 3.05) is 5.32 Å².